The van der Waals surface area contributed by atoms with Gasteiger partial charge in [-0.3, -0.25) is 4.57 Å². The number of nitrogens with zero attached hydrogens (tertiary/aromatic N) is 3. The Kier molecular flexibility index (Phi) is 4.38. The van der Waals surface area contributed by atoms with Crippen LogP contribution in [0.5, 0.6) is 0 Å². The number of aromatic amines is 1. The highest BCUT2D eigenvalue weighted by molar-refractivity contribution is 7.71. The first-order chi connectivity index (χ1) is 10.2. The number of H-pyrrole nitrogens is 1. The van der Waals surface area contributed by atoms with Gasteiger partial charge in [0.05, 0.1) is 0 Å². The summed E-state index contributed by atoms with van der Waals surface area (Å²) in [7, 11) is 0. The normalized spacial score (nSPS) is 22.9. The first-order valence-electron chi connectivity index (χ1n) is 8.61. The van der Waals surface area contributed by atoms with E-state index in [1.165, 1.54) is 51.4 Å². The van der Waals surface area contributed by atoms with Crippen LogP contribution >= 0.6 is 12.2 Å². The molecule has 1 aliphatic carbocycles. The summed E-state index contributed by atoms with van der Waals surface area (Å²) in [4.78, 5) is 2.47. The van der Waals surface area contributed by atoms with Gasteiger partial charge in [-0.05, 0) is 49.7 Å². The lowest BCUT2D eigenvalue weighted by molar-refractivity contribution is 0.300. The van der Waals surface area contributed by atoms with E-state index in [4.69, 9.17) is 12.2 Å². The van der Waals surface area contributed by atoms with Gasteiger partial charge in [-0.1, -0.05) is 33.1 Å². The molecular formula is C16H28N4S. The molecule has 1 aromatic rings. The lowest BCUT2D eigenvalue weighted by Gasteiger charge is -2.29. The van der Waals surface area contributed by atoms with Crippen LogP contribution in [0.3, 0.4) is 0 Å². The van der Waals surface area contributed by atoms with E-state index < -0.39 is 0 Å². The van der Waals surface area contributed by atoms with Crippen LogP contribution in [0.15, 0.2) is 0 Å². The molecule has 1 aromatic heterocycles. The van der Waals surface area contributed by atoms with Crippen molar-refractivity contribution in [3.05, 3.63) is 4.77 Å². The average Bonchev–Trinajstić information content (AvgIpc) is 3.12. The third-order valence-corrected chi connectivity index (χ3v) is 6.13. The van der Waals surface area contributed by atoms with Crippen LogP contribution < -0.4 is 4.90 Å². The highest BCUT2D eigenvalue weighted by Gasteiger charge is 2.37. The number of hydrogen-bond donors (Lipinski definition) is 1. The van der Waals surface area contributed by atoms with Crippen molar-refractivity contribution in [1.29, 1.82) is 0 Å². The summed E-state index contributed by atoms with van der Waals surface area (Å²) in [5.74, 6) is 1.09. The fourth-order valence-corrected chi connectivity index (χ4v) is 4.40. The van der Waals surface area contributed by atoms with Crippen LogP contribution in [0.2, 0.25) is 0 Å². The van der Waals surface area contributed by atoms with Crippen molar-refractivity contribution >= 4 is 18.2 Å². The van der Waals surface area contributed by atoms with E-state index in [0.717, 1.165) is 23.8 Å². The Morgan fingerprint density at radius 2 is 1.95 bits per heavy atom. The van der Waals surface area contributed by atoms with Gasteiger partial charge >= 0.3 is 0 Å². The highest BCUT2D eigenvalue weighted by atomic mass is 32.1. The molecule has 0 spiro atoms. The van der Waals surface area contributed by atoms with Crippen molar-refractivity contribution in [3.63, 3.8) is 0 Å². The van der Waals surface area contributed by atoms with Crippen molar-refractivity contribution in [3.8, 4) is 0 Å². The molecule has 4 nitrogen and oxygen atoms in total. The smallest absolute Gasteiger partial charge is 0.226 e. The number of anilines is 1. The zero-order valence-corrected chi connectivity index (χ0v) is 14.2. The zero-order chi connectivity index (χ0) is 14.9. The molecule has 0 unspecified atom stereocenters. The largest absolute Gasteiger partial charge is 0.340 e. The lowest BCUT2D eigenvalue weighted by Crippen LogP contribution is -2.29. The average molecular weight is 308 g/mol. The maximum Gasteiger partial charge on any atom is 0.226 e. The van der Waals surface area contributed by atoms with Crippen LogP contribution in [-0.2, 0) is 0 Å². The fourth-order valence-electron chi connectivity index (χ4n) is 4.12. The SMILES string of the molecule is CCC1(CC)CCN(c2n[nH]c(=S)n2C2CCCCC2)C1. The molecule has 2 aliphatic rings. The fraction of sp³-hybridized carbons (Fsp3) is 0.875. The minimum atomic E-state index is 0.477. The van der Waals surface area contributed by atoms with E-state index >= 15 is 0 Å². The predicted molar refractivity (Wildman–Crippen MR) is 89.4 cm³/mol. The third kappa shape index (κ3) is 2.77. The Balaban J connectivity index is 1.85. The summed E-state index contributed by atoms with van der Waals surface area (Å²) < 4.78 is 3.12. The molecule has 0 amide bonds. The number of hydrogen-bond acceptors (Lipinski definition) is 3. The predicted octanol–water partition coefficient (Wildman–Crippen LogP) is 4.46. The minimum absolute atomic E-state index is 0.477. The summed E-state index contributed by atoms with van der Waals surface area (Å²) in [5, 5.41) is 7.63. The van der Waals surface area contributed by atoms with E-state index in [2.05, 4.69) is 33.5 Å². The zero-order valence-electron chi connectivity index (χ0n) is 13.4. The molecule has 0 bridgehead atoms. The second-order valence-electron chi connectivity index (χ2n) is 6.87. The van der Waals surface area contributed by atoms with Crippen LogP contribution in [0.25, 0.3) is 0 Å². The molecule has 1 saturated carbocycles. The maximum absolute atomic E-state index is 5.52. The molecule has 0 radical (unpaired) electrons. The number of rotatable bonds is 4. The second-order valence-corrected chi connectivity index (χ2v) is 7.26. The van der Waals surface area contributed by atoms with E-state index in [1.54, 1.807) is 0 Å². The van der Waals surface area contributed by atoms with Crippen molar-refractivity contribution in [2.45, 2.75) is 71.3 Å². The van der Waals surface area contributed by atoms with Crippen molar-refractivity contribution in [1.82, 2.24) is 14.8 Å². The molecule has 21 heavy (non-hydrogen) atoms. The van der Waals surface area contributed by atoms with Crippen molar-refractivity contribution in [2.75, 3.05) is 18.0 Å². The molecule has 3 rings (SSSR count). The maximum atomic E-state index is 5.52. The van der Waals surface area contributed by atoms with Crippen LogP contribution in [0.1, 0.15) is 71.3 Å². The number of aromatic nitrogens is 3. The topological polar surface area (TPSA) is 36.9 Å². The quantitative estimate of drug-likeness (QED) is 0.834. The molecule has 1 aliphatic heterocycles. The molecule has 1 N–H and O–H groups in total. The van der Waals surface area contributed by atoms with Gasteiger partial charge in [-0.15, -0.1) is 5.10 Å². The molecular weight excluding hydrogens is 280 g/mol. The summed E-state index contributed by atoms with van der Waals surface area (Å²) in [6.07, 6.45) is 10.3. The van der Waals surface area contributed by atoms with Gasteiger partial charge in [0.2, 0.25) is 5.95 Å². The molecule has 1 saturated heterocycles. The summed E-state index contributed by atoms with van der Waals surface area (Å²) in [6.45, 7) is 6.90. The molecule has 2 heterocycles. The van der Waals surface area contributed by atoms with Gasteiger partial charge in [0, 0.05) is 19.1 Å². The first kappa shape index (κ1) is 15.1. The Morgan fingerprint density at radius 3 is 2.57 bits per heavy atom. The Labute approximate surface area is 132 Å². The number of nitrogens with one attached hydrogen (secondary N) is 1. The van der Waals surface area contributed by atoms with Crippen LogP contribution in [0, 0.1) is 10.2 Å². The van der Waals surface area contributed by atoms with E-state index in [9.17, 15) is 0 Å². The van der Waals surface area contributed by atoms with Crippen molar-refractivity contribution in [2.24, 2.45) is 5.41 Å². The van der Waals surface area contributed by atoms with Gasteiger partial charge < -0.3 is 4.90 Å². The summed E-state index contributed by atoms with van der Waals surface area (Å²) in [6, 6.07) is 0.554. The lowest BCUT2D eigenvalue weighted by atomic mass is 9.82. The van der Waals surface area contributed by atoms with Gasteiger partial charge in [0.15, 0.2) is 4.77 Å². The van der Waals surface area contributed by atoms with Gasteiger partial charge in [-0.2, -0.15) is 0 Å². The Morgan fingerprint density at radius 1 is 1.24 bits per heavy atom. The van der Waals surface area contributed by atoms with E-state index in [-0.39, 0.29) is 0 Å². The molecule has 2 fully saturated rings. The summed E-state index contributed by atoms with van der Waals surface area (Å²) in [5.41, 5.74) is 0.477. The van der Waals surface area contributed by atoms with E-state index in [0.29, 0.717) is 11.5 Å². The molecule has 0 atom stereocenters. The molecule has 118 valence electrons. The van der Waals surface area contributed by atoms with E-state index in [1.807, 2.05) is 0 Å². The van der Waals surface area contributed by atoms with Crippen LogP contribution in [-0.4, -0.2) is 27.9 Å². The molecule has 0 aromatic carbocycles. The second kappa shape index (κ2) is 6.11. The standard InChI is InChI=1S/C16H28N4S/c1-3-16(4-2)10-11-19(12-16)14-17-18-15(21)20(14)13-8-6-5-7-9-13/h13H,3-12H2,1-2H3,(H,18,21). The van der Waals surface area contributed by atoms with Gasteiger partial charge in [0.1, 0.15) is 0 Å². The third-order valence-electron chi connectivity index (χ3n) is 5.85. The van der Waals surface area contributed by atoms with Gasteiger partial charge in [-0.25, -0.2) is 5.10 Å². The monoisotopic (exact) mass is 308 g/mol. The van der Waals surface area contributed by atoms with Crippen molar-refractivity contribution < 1.29 is 0 Å². The Bertz CT molecular complexity index is 523. The molecule has 5 heteroatoms. The minimum Gasteiger partial charge on any atom is -0.340 e. The summed E-state index contributed by atoms with van der Waals surface area (Å²) >= 11 is 5.52. The Hall–Kier alpha value is -0.840. The van der Waals surface area contributed by atoms with Crippen LogP contribution in [0.4, 0.5) is 5.95 Å². The van der Waals surface area contributed by atoms with Gasteiger partial charge in [0.25, 0.3) is 0 Å². The first-order valence-corrected chi connectivity index (χ1v) is 9.02. The highest BCUT2D eigenvalue weighted by Crippen LogP contribution is 2.40.